The van der Waals surface area contributed by atoms with Crippen LogP contribution in [0.25, 0.3) is 0 Å². The Bertz CT molecular complexity index is 908. The molecule has 0 spiro atoms. The molecule has 0 atom stereocenters. The molecule has 6 heteroatoms. The number of hydrogen-bond acceptors (Lipinski definition) is 5. The average Bonchev–Trinajstić information content (AvgIpc) is 2.76. The fraction of sp³-hybridized carbons (Fsp3) is 0.227. The van der Waals surface area contributed by atoms with E-state index in [1.165, 1.54) is 6.33 Å². The van der Waals surface area contributed by atoms with Crippen molar-refractivity contribution < 1.29 is 4.79 Å². The Hall–Kier alpha value is -3.41. The molecule has 1 N–H and O–H groups in total. The minimum Gasteiger partial charge on any atom is -0.372 e. The summed E-state index contributed by atoms with van der Waals surface area (Å²) in [5.41, 5.74) is 3.18. The third-order valence-electron chi connectivity index (χ3n) is 4.63. The Morgan fingerprint density at radius 1 is 0.929 bits per heavy atom. The highest BCUT2D eigenvalue weighted by atomic mass is 16.1. The Balaban J connectivity index is 1.73. The zero-order valence-corrected chi connectivity index (χ0v) is 16.5. The van der Waals surface area contributed by atoms with Gasteiger partial charge < -0.3 is 15.1 Å². The molecule has 0 saturated carbocycles. The first-order valence-electron chi connectivity index (χ1n) is 9.39. The summed E-state index contributed by atoms with van der Waals surface area (Å²) in [6.45, 7) is 6.14. The summed E-state index contributed by atoms with van der Waals surface area (Å²) >= 11 is 0. The van der Waals surface area contributed by atoms with Gasteiger partial charge in [-0.1, -0.05) is 18.2 Å². The predicted octanol–water partition coefficient (Wildman–Crippen LogP) is 4.34. The fourth-order valence-electron chi connectivity index (χ4n) is 2.98. The molecule has 0 aliphatic rings. The lowest BCUT2D eigenvalue weighted by molar-refractivity contribution is 0.102. The van der Waals surface area contributed by atoms with Crippen molar-refractivity contribution in [3.8, 4) is 0 Å². The Morgan fingerprint density at radius 2 is 1.61 bits per heavy atom. The van der Waals surface area contributed by atoms with Crippen molar-refractivity contribution in [1.29, 1.82) is 0 Å². The molecule has 0 aliphatic carbocycles. The van der Waals surface area contributed by atoms with Crippen LogP contribution in [-0.4, -0.2) is 36.0 Å². The number of nitrogens with one attached hydrogen (secondary N) is 1. The van der Waals surface area contributed by atoms with Crippen LogP contribution >= 0.6 is 0 Å². The number of aromatic nitrogens is 2. The number of amides is 1. The third kappa shape index (κ3) is 4.46. The predicted molar refractivity (Wildman–Crippen MR) is 114 cm³/mol. The quantitative estimate of drug-likeness (QED) is 0.665. The Morgan fingerprint density at radius 3 is 2.25 bits per heavy atom. The van der Waals surface area contributed by atoms with Gasteiger partial charge in [-0.3, -0.25) is 4.79 Å². The molecule has 0 fully saturated rings. The lowest BCUT2D eigenvalue weighted by atomic mass is 10.2. The summed E-state index contributed by atoms with van der Waals surface area (Å²) in [4.78, 5) is 25.2. The summed E-state index contributed by atoms with van der Waals surface area (Å²) in [7, 11) is 1.91. The molecule has 0 bridgehead atoms. The van der Waals surface area contributed by atoms with Gasteiger partial charge in [-0.15, -0.1) is 0 Å². The van der Waals surface area contributed by atoms with E-state index >= 15 is 0 Å². The Kier molecular flexibility index (Phi) is 6.22. The van der Waals surface area contributed by atoms with E-state index in [-0.39, 0.29) is 5.91 Å². The summed E-state index contributed by atoms with van der Waals surface area (Å²) in [5.74, 6) is 0.393. The van der Waals surface area contributed by atoms with Crippen molar-refractivity contribution in [1.82, 2.24) is 9.97 Å². The molecule has 144 valence electrons. The second-order valence-electron chi connectivity index (χ2n) is 6.33. The van der Waals surface area contributed by atoms with Gasteiger partial charge in [-0.25, -0.2) is 9.97 Å². The first-order valence-corrected chi connectivity index (χ1v) is 9.39. The van der Waals surface area contributed by atoms with Crippen LogP contribution < -0.4 is 15.1 Å². The normalized spacial score (nSPS) is 10.4. The topological polar surface area (TPSA) is 61.4 Å². The van der Waals surface area contributed by atoms with Gasteiger partial charge in [0.05, 0.1) is 0 Å². The van der Waals surface area contributed by atoms with Crippen LogP contribution in [0.2, 0.25) is 0 Å². The minimum atomic E-state index is -0.263. The monoisotopic (exact) mass is 375 g/mol. The van der Waals surface area contributed by atoms with Crippen LogP contribution in [-0.2, 0) is 0 Å². The van der Waals surface area contributed by atoms with E-state index in [0.29, 0.717) is 11.5 Å². The standard InChI is InChI=1S/C22H25N5O/c1-4-27(5-2)19-13-11-17(12-14-19)25-22(28)20-15-21(24-16-23-20)26(3)18-9-7-6-8-10-18/h6-16H,4-5H2,1-3H3,(H,25,28). The summed E-state index contributed by atoms with van der Waals surface area (Å²) in [5, 5.41) is 2.90. The summed E-state index contributed by atoms with van der Waals surface area (Å²) in [6.07, 6.45) is 1.41. The van der Waals surface area contributed by atoms with Crippen molar-refractivity contribution in [2.45, 2.75) is 13.8 Å². The molecule has 6 nitrogen and oxygen atoms in total. The molecule has 3 aromatic rings. The largest absolute Gasteiger partial charge is 0.372 e. The van der Waals surface area contributed by atoms with Gasteiger partial charge in [0.1, 0.15) is 17.8 Å². The number of benzene rings is 2. The first kappa shape index (κ1) is 19.4. The van der Waals surface area contributed by atoms with E-state index in [4.69, 9.17) is 0 Å². The maximum atomic E-state index is 12.6. The van der Waals surface area contributed by atoms with E-state index in [0.717, 1.165) is 30.2 Å². The van der Waals surface area contributed by atoms with Crippen LogP contribution in [0.4, 0.5) is 22.9 Å². The average molecular weight is 375 g/mol. The van der Waals surface area contributed by atoms with Gasteiger partial charge in [-0.05, 0) is 50.2 Å². The van der Waals surface area contributed by atoms with E-state index in [1.807, 2.05) is 66.5 Å². The molecule has 0 aliphatic heterocycles. The zero-order chi connectivity index (χ0) is 19.9. The van der Waals surface area contributed by atoms with Crippen LogP contribution in [0.15, 0.2) is 67.0 Å². The lowest BCUT2D eigenvalue weighted by Gasteiger charge is -2.21. The van der Waals surface area contributed by atoms with Crippen LogP contribution in [0, 0.1) is 0 Å². The van der Waals surface area contributed by atoms with Gasteiger partial charge in [0, 0.05) is 43.3 Å². The van der Waals surface area contributed by atoms with Gasteiger partial charge >= 0.3 is 0 Å². The highest BCUT2D eigenvalue weighted by Crippen LogP contribution is 2.22. The summed E-state index contributed by atoms with van der Waals surface area (Å²) in [6, 6.07) is 19.4. The second-order valence-corrected chi connectivity index (χ2v) is 6.33. The SMILES string of the molecule is CCN(CC)c1ccc(NC(=O)c2cc(N(C)c3ccccc3)ncn2)cc1. The van der Waals surface area contributed by atoms with Crippen molar-refractivity contribution in [2.24, 2.45) is 0 Å². The number of carbonyl (C=O) groups excluding carboxylic acids is 1. The molecule has 28 heavy (non-hydrogen) atoms. The molecule has 0 radical (unpaired) electrons. The fourth-order valence-corrected chi connectivity index (χ4v) is 2.98. The van der Waals surface area contributed by atoms with Crippen molar-refractivity contribution >= 4 is 28.8 Å². The van der Waals surface area contributed by atoms with Gasteiger partial charge in [0.15, 0.2) is 0 Å². The third-order valence-corrected chi connectivity index (χ3v) is 4.63. The van der Waals surface area contributed by atoms with Crippen molar-refractivity contribution in [3.05, 3.63) is 72.7 Å². The maximum absolute atomic E-state index is 12.6. The number of para-hydroxylation sites is 1. The van der Waals surface area contributed by atoms with Crippen LogP contribution in [0.5, 0.6) is 0 Å². The molecular formula is C22H25N5O. The van der Waals surface area contributed by atoms with E-state index < -0.39 is 0 Å². The molecule has 2 aromatic carbocycles. The summed E-state index contributed by atoms with van der Waals surface area (Å²) < 4.78 is 0. The second kappa shape index (κ2) is 8.99. The molecule has 3 rings (SSSR count). The zero-order valence-electron chi connectivity index (χ0n) is 16.5. The van der Waals surface area contributed by atoms with Gasteiger partial charge in [0.2, 0.25) is 0 Å². The smallest absolute Gasteiger partial charge is 0.274 e. The number of nitrogens with zero attached hydrogens (tertiary/aromatic N) is 4. The number of anilines is 4. The molecule has 1 amide bonds. The highest BCUT2D eigenvalue weighted by Gasteiger charge is 2.12. The van der Waals surface area contributed by atoms with Crippen molar-refractivity contribution in [2.75, 3.05) is 35.3 Å². The molecule has 1 aromatic heterocycles. The van der Waals surface area contributed by atoms with Crippen LogP contribution in [0.3, 0.4) is 0 Å². The molecule has 1 heterocycles. The maximum Gasteiger partial charge on any atom is 0.274 e. The van der Waals surface area contributed by atoms with Crippen molar-refractivity contribution in [3.63, 3.8) is 0 Å². The minimum absolute atomic E-state index is 0.263. The molecule has 0 saturated heterocycles. The molecule has 0 unspecified atom stereocenters. The van der Waals surface area contributed by atoms with Gasteiger partial charge in [0.25, 0.3) is 5.91 Å². The number of hydrogen-bond donors (Lipinski definition) is 1. The first-order chi connectivity index (χ1) is 13.6. The van der Waals surface area contributed by atoms with E-state index in [1.54, 1.807) is 6.07 Å². The van der Waals surface area contributed by atoms with Gasteiger partial charge in [-0.2, -0.15) is 0 Å². The Labute approximate surface area is 165 Å². The number of rotatable bonds is 7. The van der Waals surface area contributed by atoms with E-state index in [9.17, 15) is 4.79 Å². The van der Waals surface area contributed by atoms with E-state index in [2.05, 4.69) is 34.0 Å². The molecular weight excluding hydrogens is 350 g/mol. The van der Waals surface area contributed by atoms with Crippen LogP contribution in [0.1, 0.15) is 24.3 Å². The highest BCUT2D eigenvalue weighted by molar-refractivity contribution is 6.03. The number of carbonyl (C=O) groups is 1. The lowest BCUT2D eigenvalue weighted by Crippen LogP contribution is -2.21.